The first-order valence-electron chi connectivity index (χ1n) is 8.15. The molecule has 0 fully saturated rings. The summed E-state index contributed by atoms with van der Waals surface area (Å²) in [5, 5.41) is 6.08. The van der Waals surface area contributed by atoms with Crippen molar-refractivity contribution in [1.82, 2.24) is 4.98 Å². The van der Waals surface area contributed by atoms with Gasteiger partial charge in [-0.2, -0.15) is 0 Å². The van der Waals surface area contributed by atoms with Crippen LogP contribution >= 0.6 is 23.1 Å². The van der Waals surface area contributed by atoms with Gasteiger partial charge in [0.15, 0.2) is 0 Å². The van der Waals surface area contributed by atoms with E-state index in [2.05, 4.69) is 15.7 Å². The molecule has 0 bridgehead atoms. The number of benzene rings is 2. The molecule has 0 aliphatic heterocycles. The van der Waals surface area contributed by atoms with Crippen LogP contribution in [-0.2, 0) is 5.75 Å². The molecule has 2 aromatic carbocycles. The van der Waals surface area contributed by atoms with Crippen LogP contribution in [0, 0.1) is 13.8 Å². The Labute approximate surface area is 161 Å². The van der Waals surface area contributed by atoms with E-state index in [4.69, 9.17) is 4.74 Å². The van der Waals surface area contributed by atoms with Gasteiger partial charge < -0.3 is 10.1 Å². The average Bonchev–Trinajstić information content (AvgIpc) is 3.06. The Hall–Kier alpha value is -2.31. The summed E-state index contributed by atoms with van der Waals surface area (Å²) in [6, 6.07) is 13.3. The standard InChI is InChI=1S/C20H20N2O2S2/c1-13-4-9-19(24-3)18(10-13)22-20(23)15-5-7-17(8-6-15)26-12-16-11-25-14(2)21-16/h4-11H,12H2,1-3H3,(H,22,23). The summed E-state index contributed by atoms with van der Waals surface area (Å²) in [5.41, 5.74) is 3.44. The Kier molecular flexibility index (Phi) is 5.96. The molecule has 4 nitrogen and oxygen atoms in total. The number of rotatable bonds is 6. The van der Waals surface area contributed by atoms with Gasteiger partial charge in [0.25, 0.3) is 5.91 Å². The van der Waals surface area contributed by atoms with Crippen molar-refractivity contribution in [2.45, 2.75) is 24.5 Å². The molecule has 1 amide bonds. The fraction of sp³-hybridized carbons (Fsp3) is 0.200. The largest absolute Gasteiger partial charge is 0.495 e. The van der Waals surface area contributed by atoms with Crippen molar-refractivity contribution in [1.29, 1.82) is 0 Å². The van der Waals surface area contributed by atoms with Crippen molar-refractivity contribution in [3.05, 3.63) is 69.7 Å². The molecule has 6 heteroatoms. The van der Waals surface area contributed by atoms with Crippen LogP contribution in [0.25, 0.3) is 0 Å². The number of nitrogens with zero attached hydrogens (tertiary/aromatic N) is 1. The monoisotopic (exact) mass is 384 g/mol. The average molecular weight is 385 g/mol. The van der Waals surface area contributed by atoms with Gasteiger partial charge in [0.2, 0.25) is 0 Å². The smallest absolute Gasteiger partial charge is 0.255 e. The molecule has 1 aromatic heterocycles. The van der Waals surface area contributed by atoms with E-state index < -0.39 is 0 Å². The highest BCUT2D eigenvalue weighted by Crippen LogP contribution is 2.27. The summed E-state index contributed by atoms with van der Waals surface area (Å²) in [4.78, 5) is 18.1. The van der Waals surface area contributed by atoms with Gasteiger partial charge in [0.1, 0.15) is 5.75 Å². The first-order chi connectivity index (χ1) is 12.5. The molecule has 26 heavy (non-hydrogen) atoms. The number of carbonyl (C=O) groups is 1. The third-order valence-corrected chi connectivity index (χ3v) is 5.64. The number of nitrogens with one attached hydrogen (secondary N) is 1. The number of aryl methyl sites for hydroxylation is 2. The molecule has 3 aromatic rings. The van der Waals surface area contributed by atoms with Crippen LogP contribution in [0.15, 0.2) is 52.7 Å². The third kappa shape index (κ3) is 4.65. The van der Waals surface area contributed by atoms with E-state index >= 15 is 0 Å². The van der Waals surface area contributed by atoms with Gasteiger partial charge in [-0.25, -0.2) is 4.98 Å². The molecule has 0 radical (unpaired) electrons. The van der Waals surface area contributed by atoms with E-state index in [1.807, 2.05) is 56.3 Å². The summed E-state index contributed by atoms with van der Waals surface area (Å²) in [6.07, 6.45) is 0. The maximum absolute atomic E-state index is 12.5. The maximum atomic E-state index is 12.5. The molecule has 0 aliphatic carbocycles. The SMILES string of the molecule is COc1ccc(C)cc1NC(=O)c1ccc(SCc2csc(C)n2)cc1. The van der Waals surface area contributed by atoms with E-state index in [1.54, 1.807) is 30.2 Å². The van der Waals surface area contributed by atoms with E-state index in [1.165, 1.54) is 0 Å². The number of carbonyl (C=O) groups excluding carboxylic acids is 1. The van der Waals surface area contributed by atoms with Crippen molar-refractivity contribution in [3.8, 4) is 5.75 Å². The molecule has 0 saturated carbocycles. The van der Waals surface area contributed by atoms with Gasteiger partial charge in [-0.1, -0.05) is 6.07 Å². The highest BCUT2D eigenvalue weighted by Gasteiger charge is 2.10. The lowest BCUT2D eigenvalue weighted by atomic mass is 10.1. The van der Waals surface area contributed by atoms with Gasteiger partial charge in [-0.05, 0) is 55.8 Å². The molecule has 0 atom stereocenters. The number of anilines is 1. The second kappa shape index (κ2) is 8.38. The molecule has 1 N–H and O–H groups in total. The van der Waals surface area contributed by atoms with Crippen LogP contribution in [0.5, 0.6) is 5.75 Å². The van der Waals surface area contributed by atoms with Crippen LogP contribution in [0.1, 0.15) is 26.6 Å². The number of methoxy groups -OCH3 is 1. The van der Waals surface area contributed by atoms with Crippen LogP contribution in [-0.4, -0.2) is 18.0 Å². The molecular formula is C20H20N2O2S2. The molecule has 1 heterocycles. The first-order valence-corrected chi connectivity index (χ1v) is 10.0. The molecule has 3 rings (SSSR count). The lowest BCUT2D eigenvalue weighted by Crippen LogP contribution is -2.12. The van der Waals surface area contributed by atoms with E-state index in [-0.39, 0.29) is 5.91 Å². The Balaban J connectivity index is 1.64. The zero-order chi connectivity index (χ0) is 18.5. The van der Waals surface area contributed by atoms with Crippen LogP contribution in [0.2, 0.25) is 0 Å². The van der Waals surface area contributed by atoms with E-state index in [0.29, 0.717) is 17.0 Å². The van der Waals surface area contributed by atoms with Crippen molar-refractivity contribution < 1.29 is 9.53 Å². The van der Waals surface area contributed by atoms with Crippen molar-refractivity contribution in [2.75, 3.05) is 12.4 Å². The van der Waals surface area contributed by atoms with Crippen molar-refractivity contribution in [2.24, 2.45) is 0 Å². The fourth-order valence-electron chi connectivity index (χ4n) is 2.45. The quantitative estimate of drug-likeness (QED) is 0.585. The second-order valence-corrected chi connectivity index (χ2v) is 7.94. The Bertz CT molecular complexity index is 904. The Morgan fingerprint density at radius 3 is 2.62 bits per heavy atom. The van der Waals surface area contributed by atoms with Gasteiger partial charge in [-0.3, -0.25) is 4.79 Å². The zero-order valence-electron chi connectivity index (χ0n) is 14.9. The van der Waals surface area contributed by atoms with Crippen molar-refractivity contribution in [3.63, 3.8) is 0 Å². The molecule has 0 spiro atoms. The summed E-state index contributed by atoms with van der Waals surface area (Å²) < 4.78 is 5.31. The van der Waals surface area contributed by atoms with E-state index in [0.717, 1.165) is 26.9 Å². The van der Waals surface area contributed by atoms with Gasteiger partial charge in [-0.15, -0.1) is 23.1 Å². The highest BCUT2D eigenvalue weighted by molar-refractivity contribution is 7.98. The topological polar surface area (TPSA) is 51.2 Å². The lowest BCUT2D eigenvalue weighted by Gasteiger charge is -2.11. The normalized spacial score (nSPS) is 10.6. The number of ether oxygens (including phenoxy) is 1. The minimum atomic E-state index is -0.152. The zero-order valence-corrected chi connectivity index (χ0v) is 16.5. The van der Waals surface area contributed by atoms with Gasteiger partial charge >= 0.3 is 0 Å². The number of aromatic nitrogens is 1. The maximum Gasteiger partial charge on any atom is 0.255 e. The molecule has 0 unspecified atom stereocenters. The number of amides is 1. The lowest BCUT2D eigenvalue weighted by molar-refractivity contribution is 0.102. The predicted octanol–water partition coefficient (Wildman–Crippen LogP) is 5.31. The third-order valence-electron chi connectivity index (χ3n) is 3.77. The number of thiazole rings is 1. The summed E-state index contributed by atoms with van der Waals surface area (Å²) in [7, 11) is 1.59. The summed E-state index contributed by atoms with van der Waals surface area (Å²) in [6.45, 7) is 3.99. The predicted molar refractivity (Wildman–Crippen MR) is 109 cm³/mol. The summed E-state index contributed by atoms with van der Waals surface area (Å²) >= 11 is 3.37. The molecule has 0 saturated heterocycles. The Morgan fingerprint density at radius 1 is 1.19 bits per heavy atom. The number of thioether (sulfide) groups is 1. The minimum absolute atomic E-state index is 0.152. The van der Waals surface area contributed by atoms with Gasteiger partial charge in [0.05, 0.1) is 23.5 Å². The van der Waals surface area contributed by atoms with Crippen LogP contribution in [0.3, 0.4) is 0 Å². The van der Waals surface area contributed by atoms with Crippen LogP contribution in [0.4, 0.5) is 5.69 Å². The fourth-order valence-corrected chi connectivity index (χ4v) is 3.96. The van der Waals surface area contributed by atoms with E-state index in [9.17, 15) is 4.79 Å². The van der Waals surface area contributed by atoms with Gasteiger partial charge in [0, 0.05) is 21.6 Å². The Morgan fingerprint density at radius 2 is 1.96 bits per heavy atom. The number of hydrogen-bond donors (Lipinski definition) is 1. The first kappa shape index (κ1) is 18.5. The second-order valence-electron chi connectivity index (χ2n) is 5.83. The molecule has 0 aliphatic rings. The minimum Gasteiger partial charge on any atom is -0.495 e. The number of hydrogen-bond acceptors (Lipinski definition) is 5. The molecular weight excluding hydrogens is 364 g/mol. The highest BCUT2D eigenvalue weighted by atomic mass is 32.2. The molecule has 134 valence electrons. The van der Waals surface area contributed by atoms with Crippen molar-refractivity contribution >= 4 is 34.7 Å². The summed E-state index contributed by atoms with van der Waals surface area (Å²) in [5.74, 6) is 1.33. The van der Waals surface area contributed by atoms with Crippen LogP contribution < -0.4 is 10.1 Å².